The molecule has 132 valence electrons. The summed E-state index contributed by atoms with van der Waals surface area (Å²) in [5.41, 5.74) is 0.911. The van der Waals surface area contributed by atoms with Gasteiger partial charge in [-0.25, -0.2) is 4.98 Å². The average Bonchev–Trinajstić information content (AvgIpc) is 3.37. The number of benzene rings is 1. The third-order valence-corrected chi connectivity index (χ3v) is 3.78. The molecule has 1 aliphatic rings. The van der Waals surface area contributed by atoms with Crippen LogP contribution in [0.15, 0.2) is 24.4 Å². The Labute approximate surface area is 142 Å². The first kappa shape index (κ1) is 17.0. The Balaban J connectivity index is 1.94. The molecular weight excluding hydrogens is 333 g/mol. The largest absolute Gasteiger partial charge is 0.421 e. The monoisotopic (exact) mass is 350 g/mol. The molecule has 0 amide bonds. The molecule has 0 spiro atoms. The van der Waals surface area contributed by atoms with Gasteiger partial charge in [-0.3, -0.25) is 0 Å². The van der Waals surface area contributed by atoms with Crippen molar-refractivity contribution in [2.24, 2.45) is 0 Å². The molecule has 0 atom stereocenters. The molecule has 1 aromatic carbocycles. The van der Waals surface area contributed by atoms with E-state index in [-0.39, 0.29) is 17.8 Å². The fourth-order valence-electron chi connectivity index (χ4n) is 2.35. The van der Waals surface area contributed by atoms with Gasteiger partial charge in [0.1, 0.15) is 11.4 Å². The van der Waals surface area contributed by atoms with Crippen molar-refractivity contribution in [3.63, 3.8) is 0 Å². The van der Waals surface area contributed by atoms with E-state index in [0.29, 0.717) is 16.9 Å². The number of nitrogens with zero attached hydrogens (tertiary/aromatic N) is 2. The van der Waals surface area contributed by atoms with Gasteiger partial charge in [0, 0.05) is 36.8 Å². The molecule has 1 heterocycles. The third kappa shape index (κ3) is 3.81. The van der Waals surface area contributed by atoms with E-state index in [1.54, 1.807) is 25.2 Å². The summed E-state index contributed by atoms with van der Waals surface area (Å²) in [6.45, 7) is 0. The first-order valence-corrected chi connectivity index (χ1v) is 7.71. The molecule has 1 aromatic heterocycles. The highest BCUT2D eigenvalue weighted by Crippen LogP contribution is 2.36. The molecule has 2 aromatic rings. The van der Waals surface area contributed by atoms with Crippen molar-refractivity contribution in [1.29, 1.82) is 5.41 Å². The summed E-state index contributed by atoms with van der Waals surface area (Å²) in [5, 5.41) is 16.2. The van der Waals surface area contributed by atoms with Crippen LogP contribution in [-0.4, -0.2) is 29.3 Å². The Hall–Kier alpha value is -2.84. The second-order valence-electron chi connectivity index (χ2n) is 5.66. The van der Waals surface area contributed by atoms with E-state index in [2.05, 4.69) is 25.9 Å². The number of hydrogen-bond acceptors (Lipinski definition) is 6. The van der Waals surface area contributed by atoms with Gasteiger partial charge < -0.3 is 21.4 Å². The van der Waals surface area contributed by atoms with Crippen LogP contribution < -0.4 is 16.0 Å². The van der Waals surface area contributed by atoms with E-state index < -0.39 is 11.7 Å². The van der Waals surface area contributed by atoms with Gasteiger partial charge >= 0.3 is 6.18 Å². The summed E-state index contributed by atoms with van der Waals surface area (Å²) >= 11 is 0. The zero-order chi connectivity index (χ0) is 18.0. The van der Waals surface area contributed by atoms with Crippen molar-refractivity contribution in [3.8, 4) is 0 Å². The Morgan fingerprint density at radius 1 is 1.24 bits per heavy atom. The number of aromatic nitrogens is 2. The Morgan fingerprint density at radius 2 is 1.96 bits per heavy atom. The first-order valence-electron chi connectivity index (χ1n) is 7.71. The molecule has 0 saturated heterocycles. The fourth-order valence-corrected chi connectivity index (χ4v) is 2.35. The number of alkyl halides is 3. The van der Waals surface area contributed by atoms with Crippen molar-refractivity contribution in [2.75, 3.05) is 23.0 Å². The van der Waals surface area contributed by atoms with Gasteiger partial charge in [-0.1, -0.05) is 6.07 Å². The molecule has 1 aliphatic carbocycles. The Kier molecular flexibility index (Phi) is 4.47. The molecule has 0 radical (unpaired) electrons. The lowest BCUT2D eigenvalue weighted by molar-refractivity contribution is -0.137. The maximum absolute atomic E-state index is 13.1. The molecule has 9 heteroatoms. The summed E-state index contributed by atoms with van der Waals surface area (Å²) < 4.78 is 39.4. The van der Waals surface area contributed by atoms with E-state index in [1.165, 1.54) is 0 Å². The van der Waals surface area contributed by atoms with Crippen LogP contribution in [0.2, 0.25) is 0 Å². The number of hydrogen-bond donors (Lipinski definition) is 4. The smallest absolute Gasteiger partial charge is 0.388 e. The van der Waals surface area contributed by atoms with Gasteiger partial charge in [-0.05, 0) is 25.0 Å². The van der Waals surface area contributed by atoms with Crippen molar-refractivity contribution in [3.05, 3.63) is 35.5 Å². The average molecular weight is 350 g/mol. The highest BCUT2D eigenvalue weighted by molar-refractivity contribution is 5.94. The van der Waals surface area contributed by atoms with Crippen LogP contribution in [0.5, 0.6) is 0 Å². The third-order valence-electron chi connectivity index (χ3n) is 3.78. The maximum Gasteiger partial charge on any atom is 0.421 e. The molecule has 4 N–H and O–H groups in total. The van der Waals surface area contributed by atoms with Crippen LogP contribution in [0, 0.1) is 5.41 Å². The lowest BCUT2D eigenvalue weighted by atomic mass is 10.1. The van der Waals surface area contributed by atoms with Crippen molar-refractivity contribution >= 4 is 29.4 Å². The number of nitrogens with one attached hydrogen (secondary N) is 4. The number of rotatable bonds is 6. The molecule has 0 aliphatic heterocycles. The number of anilines is 4. The van der Waals surface area contributed by atoms with Crippen LogP contribution in [-0.2, 0) is 6.18 Å². The van der Waals surface area contributed by atoms with Gasteiger partial charge in [0.25, 0.3) is 0 Å². The summed E-state index contributed by atoms with van der Waals surface area (Å²) in [5.74, 6) is -0.193. The van der Waals surface area contributed by atoms with Crippen molar-refractivity contribution < 1.29 is 13.2 Å². The molecule has 1 saturated carbocycles. The summed E-state index contributed by atoms with van der Waals surface area (Å²) in [7, 11) is 1.72. The van der Waals surface area contributed by atoms with E-state index in [4.69, 9.17) is 5.41 Å². The molecule has 1 fully saturated rings. The van der Waals surface area contributed by atoms with Crippen molar-refractivity contribution in [2.45, 2.75) is 25.1 Å². The van der Waals surface area contributed by atoms with Gasteiger partial charge in [-0.15, -0.1) is 0 Å². The zero-order valence-corrected chi connectivity index (χ0v) is 13.4. The van der Waals surface area contributed by atoms with Gasteiger partial charge in [0.15, 0.2) is 0 Å². The lowest BCUT2D eigenvalue weighted by Gasteiger charge is -2.16. The Bertz CT molecular complexity index is 786. The minimum atomic E-state index is -4.53. The zero-order valence-electron chi connectivity index (χ0n) is 13.4. The van der Waals surface area contributed by atoms with E-state index in [0.717, 1.165) is 25.3 Å². The molecule has 0 unspecified atom stereocenters. The predicted octanol–water partition coefficient (Wildman–Crippen LogP) is 3.85. The van der Waals surface area contributed by atoms with E-state index in [9.17, 15) is 13.2 Å². The first-order chi connectivity index (χ1) is 11.9. The van der Waals surface area contributed by atoms with Gasteiger partial charge in [0.2, 0.25) is 5.95 Å². The van der Waals surface area contributed by atoms with Gasteiger partial charge in [-0.2, -0.15) is 18.2 Å². The van der Waals surface area contributed by atoms with Crippen LogP contribution in [0.4, 0.5) is 36.3 Å². The molecule has 0 bridgehead atoms. The molecule has 3 rings (SSSR count). The molecular formula is C16H17F3N6. The predicted molar refractivity (Wildman–Crippen MR) is 90.8 cm³/mol. The lowest BCUT2D eigenvalue weighted by Crippen LogP contribution is -2.15. The second kappa shape index (κ2) is 6.58. The van der Waals surface area contributed by atoms with Crippen LogP contribution >= 0.6 is 0 Å². The molecule has 6 nitrogen and oxygen atoms in total. The minimum Gasteiger partial charge on any atom is -0.388 e. The summed E-state index contributed by atoms with van der Waals surface area (Å²) in [6, 6.07) is 5.28. The van der Waals surface area contributed by atoms with E-state index >= 15 is 0 Å². The highest BCUT2D eigenvalue weighted by Gasteiger charge is 2.36. The SMILES string of the molecule is CNc1cccc(Nc2ncc(C(F)(F)F)c(NC3CC3)n2)c1C=N. The maximum atomic E-state index is 13.1. The summed E-state index contributed by atoms with van der Waals surface area (Å²) in [4.78, 5) is 7.78. The minimum absolute atomic E-state index is 0.0219. The second-order valence-corrected chi connectivity index (χ2v) is 5.66. The fraction of sp³-hybridized carbons (Fsp3) is 0.312. The van der Waals surface area contributed by atoms with Gasteiger partial charge in [0.05, 0.1) is 5.69 Å². The van der Waals surface area contributed by atoms with Crippen molar-refractivity contribution in [1.82, 2.24) is 9.97 Å². The van der Waals surface area contributed by atoms with E-state index in [1.807, 2.05) is 0 Å². The number of halogens is 3. The standard InChI is InChI=1S/C16H17F3N6/c1-21-12-3-2-4-13(10(12)7-20)24-15-22-8-11(16(17,18)19)14(25-15)23-9-5-6-9/h2-4,7-9,20-21H,5-6H2,1H3,(H2,22,23,24,25). The quantitative estimate of drug-likeness (QED) is 0.595. The van der Waals surface area contributed by atoms with Crippen LogP contribution in [0.25, 0.3) is 0 Å². The highest BCUT2D eigenvalue weighted by atomic mass is 19.4. The Morgan fingerprint density at radius 3 is 2.56 bits per heavy atom. The summed E-state index contributed by atoms with van der Waals surface area (Å²) in [6.07, 6.45) is -0.950. The molecule has 25 heavy (non-hydrogen) atoms. The van der Waals surface area contributed by atoms with Crippen LogP contribution in [0.3, 0.4) is 0 Å². The van der Waals surface area contributed by atoms with Crippen LogP contribution in [0.1, 0.15) is 24.0 Å². The topological polar surface area (TPSA) is 85.7 Å². The normalized spacial score (nSPS) is 14.1.